The molecule has 1 aromatic rings. The van der Waals surface area contributed by atoms with Crippen LogP contribution in [0.1, 0.15) is 89.0 Å². The van der Waals surface area contributed by atoms with E-state index in [0.29, 0.717) is 0 Å². The van der Waals surface area contributed by atoms with Gasteiger partial charge in [0, 0.05) is 0 Å². The Bertz CT molecular complexity index is 498. The minimum absolute atomic E-state index is 0.0911. The summed E-state index contributed by atoms with van der Waals surface area (Å²) in [6.45, 7) is 4.12. The van der Waals surface area contributed by atoms with Gasteiger partial charge >= 0.3 is 5.97 Å². The highest BCUT2D eigenvalue weighted by atomic mass is 16.4. The Hall–Kier alpha value is -1.61. The fourth-order valence-corrected chi connectivity index (χ4v) is 3.35. The molecule has 152 valence electrons. The molecule has 3 heteroatoms. The second kappa shape index (κ2) is 16.6. The molecule has 27 heavy (non-hydrogen) atoms. The van der Waals surface area contributed by atoms with Gasteiger partial charge in [0.05, 0.1) is 6.42 Å². The monoisotopic (exact) mass is 373 g/mol. The van der Waals surface area contributed by atoms with Crippen molar-refractivity contribution in [2.45, 2.75) is 83.5 Å². The maximum absolute atomic E-state index is 11.1. The van der Waals surface area contributed by atoms with E-state index < -0.39 is 5.97 Å². The van der Waals surface area contributed by atoms with Gasteiger partial charge in [0.15, 0.2) is 0 Å². The highest BCUT2D eigenvalue weighted by Gasteiger charge is 2.14. The van der Waals surface area contributed by atoms with Crippen LogP contribution in [0.3, 0.4) is 0 Å². The van der Waals surface area contributed by atoms with Crippen LogP contribution in [0, 0.1) is 0 Å². The van der Waals surface area contributed by atoms with E-state index in [4.69, 9.17) is 5.11 Å². The van der Waals surface area contributed by atoms with Gasteiger partial charge in [-0.1, -0.05) is 81.5 Å². The molecule has 0 fully saturated rings. The summed E-state index contributed by atoms with van der Waals surface area (Å²) in [4.78, 5) is 11.1. The second-order valence-electron chi connectivity index (χ2n) is 7.41. The maximum Gasteiger partial charge on any atom is 0.303 e. The maximum atomic E-state index is 11.1. The molecule has 1 rings (SSSR count). The topological polar surface area (TPSA) is 49.3 Å². The van der Waals surface area contributed by atoms with Crippen molar-refractivity contribution in [3.63, 3.8) is 0 Å². The number of rotatable bonds is 17. The number of carboxylic acids is 1. The van der Waals surface area contributed by atoms with Gasteiger partial charge in [0.1, 0.15) is 0 Å². The Labute approximate surface area is 166 Å². The predicted molar refractivity (Wildman–Crippen MR) is 115 cm³/mol. The van der Waals surface area contributed by atoms with Crippen molar-refractivity contribution in [1.29, 1.82) is 0 Å². The average Bonchev–Trinajstić information content (AvgIpc) is 2.67. The first-order valence-electron chi connectivity index (χ1n) is 10.9. The van der Waals surface area contributed by atoms with Crippen LogP contribution in [-0.2, 0) is 4.79 Å². The van der Waals surface area contributed by atoms with Gasteiger partial charge < -0.3 is 10.4 Å². The van der Waals surface area contributed by atoms with Crippen molar-refractivity contribution >= 4 is 5.97 Å². The summed E-state index contributed by atoms with van der Waals surface area (Å²) in [5, 5.41) is 12.6. The van der Waals surface area contributed by atoms with Crippen LogP contribution in [0.15, 0.2) is 42.5 Å². The molecule has 0 spiro atoms. The largest absolute Gasteiger partial charge is 0.481 e. The molecule has 1 unspecified atom stereocenters. The quantitative estimate of drug-likeness (QED) is 0.248. The molecule has 0 saturated heterocycles. The Kier molecular flexibility index (Phi) is 14.4. The molecule has 3 nitrogen and oxygen atoms in total. The lowest BCUT2D eigenvalue weighted by Gasteiger charge is -2.15. The van der Waals surface area contributed by atoms with E-state index in [9.17, 15) is 4.79 Å². The van der Waals surface area contributed by atoms with E-state index in [1.54, 1.807) is 0 Å². The summed E-state index contributed by atoms with van der Waals surface area (Å²) in [5.74, 6) is -0.632. The lowest BCUT2D eigenvalue weighted by atomic mass is 9.92. The summed E-state index contributed by atoms with van der Waals surface area (Å²) < 4.78 is 0. The summed E-state index contributed by atoms with van der Waals surface area (Å²) in [5.41, 5.74) is 1.12. The standard InChI is InChI=1S/C24H39NO2/c1-2-3-4-5-6-7-8-9-10-11-15-19-25-20-18-23(21-24(26)27)22-16-13-12-14-17-22/h9-10,12-14,16-17,23,25H,2-8,11,15,18-21H2,1H3,(H,26,27)/b10-9-. The number of aliphatic carboxylic acids is 1. The average molecular weight is 374 g/mol. The number of nitrogens with one attached hydrogen (secondary N) is 1. The molecule has 1 atom stereocenters. The molecule has 2 N–H and O–H groups in total. The third-order valence-electron chi connectivity index (χ3n) is 4.98. The van der Waals surface area contributed by atoms with Crippen LogP contribution in [0.5, 0.6) is 0 Å². The van der Waals surface area contributed by atoms with Crippen molar-refractivity contribution < 1.29 is 9.90 Å². The van der Waals surface area contributed by atoms with Crippen molar-refractivity contribution in [2.24, 2.45) is 0 Å². The minimum Gasteiger partial charge on any atom is -0.481 e. The molecular weight excluding hydrogens is 334 g/mol. The van der Waals surface area contributed by atoms with Crippen molar-refractivity contribution in [2.75, 3.05) is 13.1 Å². The van der Waals surface area contributed by atoms with Crippen LogP contribution in [-0.4, -0.2) is 24.2 Å². The molecule has 0 aliphatic heterocycles. The Morgan fingerprint density at radius 2 is 1.63 bits per heavy atom. The molecule has 0 saturated carbocycles. The summed E-state index contributed by atoms with van der Waals surface area (Å²) in [6.07, 6.45) is 17.4. The number of benzene rings is 1. The molecule has 0 bridgehead atoms. The SMILES string of the molecule is CCCCCCCC/C=C\CCCNCCC(CC(=O)O)c1ccccc1. The number of carbonyl (C=O) groups is 1. The third kappa shape index (κ3) is 13.2. The van der Waals surface area contributed by atoms with Gasteiger partial charge in [-0.25, -0.2) is 0 Å². The lowest BCUT2D eigenvalue weighted by molar-refractivity contribution is -0.137. The first-order chi connectivity index (χ1) is 13.2. The first-order valence-corrected chi connectivity index (χ1v) is 10.9. The third-order valence-corrected chi connectivity index (χ3v) is 4.98. The van der Waals surface area contributed by atoms with Gasteiger partial charge in [-0.2, -0.15) is 0 Å². The summed E-state index contributed by atoms with van der Waals surface area (Å²) in [7, 11) is 0. The van der Waals surface area contributed by atoms with Crippen molar-refractivity contribution in [3.05, 3.63) is 48.0 Å². The fraction of sp³-hybridized carbons (Fsp3) is 0.625. The smallest absolute Gasteiger partial charge is 0.303 e. The Morgan fingerprint density at radius 3 is 2.33 bits per heavy atom. The second-order valence-corrected chi connectivity index (χ2v) is 7.41. The summed E-state index contributed by atoms with van der Waals surface area (Å²) in [6, 6.07) is 9.99. The van der Waals surface area contributed by atoms with E-state index in [1.165, 1.54) is 44.9 Å². The summed E-state index contributed by atoms with van der Waals surface area (Å²) >= 11 is 0. The van der Waals surface area contributed by atoms with Crippen LogP contribution < -0.4 is 5.32 Å². The Balaban J connectivity index is 2.03. The molecule has 0 amide bonds. The normalized spacial score (nSPS) is 12.5. The molecular formula is C24H39NO2. The van der Waals surface area contributed by atoms with Gasteiger partial charge in [0.25, 0.3) is 0 Å². The van der Waals surface area contributed by atoms with Gasteiger partial charge in [0.2, 0.25) is 0 Å². The number of allylic oxidation sites excluding steroid dienone is 2. The first kappa shape index (κ1) is 23.4. The minimum atomic E-state index is -0.723. The van der Waals surface area contributed by atoms with Gasteiger partial charge in [-0.05, 0) is 56.7 Å². The fourth-order valence-electron chi connectivity index (χ4n) is 3.35. The molecule has 0 radical (unpaired) electrons. The zero-order valence-electron chi connectivity index (χ0n) is 17.2. The van der Waals surface area contributed by atoms with Crippen LogP contribution in [0.4, 0.5) is 0 Å². The van der Waals surface area contributed by atoms with E-state index in [0.717, 1.165) is 37.9 Å². The Morgan fingerprint density at radius 1 is 0.963 bits per heavy atom. The van der Waals surface area contributed by atoms with Crippen LogP contribution in [0.2, 0.25) is 0 Å². The van der Waals surface area contributed by atoms with E-state index in [-0.39, 0.29) is 12.3 Å². The van der Waals surface area contributed by atoms with Crippen molar-refractivity contribution in [1.82, 2.24) is 5.32 Å². The number of carboxylic acid groups (broad SMARTS) is 1. The van der Waals surface area contributed by atoms with Gasteiger partial charge in [-0.15, -0.1) is 0 Å². The van der Waals surface area contributed by atoms with E-state index in [1.807, 2.05) is 30.3 Å². The zero-order valence-corrected chi connectivity index (χ0v) is 17.2. The predicted octanol–water partition coefficient (Wildman–Crippen LogP) is 6.31. The molecule has 0 aliphatic carbocycles. The molecule has 1 aromatic carbocycles. The lowest BCUT2D eigenvalue weighted by Crippen LogP contribution is -2.20. The van der Waals surface area contributed by atoms with E-state index >= 15 is 0 Å². The van der Waals surface area contributed by atoms with Crippen LogP contribution in [0.25, 0.3) is 0 Å². The highest BCUT2D eigenvalue weighted by molar-refractivity contribution is 5.68. The molecule has 0 aliphatic rings. The van der Waals surface area contributed by atoms with E-state index in [2.05, 4.69) is 24.4 Å². The molecule has 0 aromatic heterocycles. The van der Waals surface area contributed by atoms with Gasteiger partial charge in [-0.3, -0.25) is 4.79 Å². The number of hydrogen-bond donors (Lipinski definition) is 2. The number of unbranched alkanes of at least 4 members (excludes halogenated alkanes) is 7. The number of hydrogen-bond acceptors (Lipinski definition) is 2. The molecule has 0 heterocycles. The highest BCUT2D eigenvalue weighted by Crippen LogP contribution is 2.22. The van der Waals surface area contributed by atoms with Crippen LogP contribution >= 0.6 is 0 Å². The van der Waals surface area contributed by atoms with Crippen molar-refractivity contribution in [3.8, 4) is 0 Å². The zero-order chi connectivity index (χ0) is 19.6.